The van der Waals surface area contributed by atoms with Crippen molar-refractivity contribution >= 4 is 10.8 Å². The van der Waals surface area contributed by atoms with Crippen LogP contribution >= 0.6 is 0 Å². The fourth-order valence-corrected chi connectivity index (χ4v) is 7.80. The van der Waals surface area contributed by atoms with Crippen LogP contribution in [0, 0.1) is 0 Å². The first-order valence-corrected chi connectivity index (χ1v) is 16.2. The molecule has 9 nitrogen and oxygen atoms in total. The second-order valence-electron chi connectivity index (χ2n) is 12.3. The molecule has 0 saturated carbocycles. The number of benzene rings is 4. The summed E-state index contributed by atoms with van der Waals surface area (Å²) in [4.78, 5) is 0. The van der Waals surface area contributed by atoms with Gasteiger partial charge in [-0.15, -0.1) is 0 Å². The van der Waals surface area contributed by atoms with Crippen LogP contribution in [-0.2, 0) is 25.8 Å². The van der Waals surface area contributed by atoms with E-state index in [0.29, 0.717) is 28.7 Å². The number of hydrogen-bond donors (Lipinski definition) is 1. The molecule has 246 valence electrons. The molecule has 3 heterocycles. The van der Waals surface area contributed by atoms with Gasteiger partial charge >= 0.3 is 0 Å². The molecule has 2 aliphatic heterocycles. The Morgan fingerprint density at radius 3 is 2.06 bits per heavy atom. The lowest BCUT2D eigenvalue weighted by atomic mass is 9.77. The van der Waals surface area contributed by atoms with Crippen LogP contribution in [0.3, 0.4) is 0 Å². The molecule has 48 heavy (non-hydrogen) atoms. The van der Waals surface area contributed by atoms with Gasteiger partial charge in [-0.25, -0.2) is 0 Å². The SMILES string of the molecule is COc1cc2c(cc1Oc1cc3c(cc1OC)CC[n+]1cc4c(OC)c(OC)ccc4cc1-3)C[C@@H]1NCCc3cc(OC)c(OC)c-2c31. The summed E-state index contributed by atoms with van der Waals surface area (Å²) in [6.07, 6.45) is 4.75. The van der Waals surface area contributed by atoms with E-state index in [9.17, 15) is 0 Å². The first-order valence-electron chi connectivity index (χ1n) is 16.2. The monoisotopic (exact) mass is 647 g/mol. The normalized spacial score (nSPS) is 15.4. The molecule has 1 aliphatic carbocycles. The van der Waals surface area contributed by atoms with Crippen molar-refractivity contribution in [1.29, 1.82) is 0 Å². The molecule has 0 saturated heterocycles. The van der Waals surface area contributed by atoms with Gasteiger partial charge in [-0.05, 0) is 95.1 Å². The molecule has 1 N–H and O–H groups in total. The second kappa shape index (κ2) is 11.8. The number of methoxy groups -OCH3 is 6. The summed E-state index contributed by atoms with van der Waals surface area (Å²) in [7, 11) is 10.1. The summed E-state index contributed by atoms with van der Waals surface area (Å²) in [6.45, 7) is 1.73. The minimum Gasteiger partial charge on any atom is -0.493 e. The van der Waals surface area contributed by atoms with Crippen LogP contribution < -0.4 is 43.0 Å². The van der Waals surface area contributed by atoms with Crippen molar-refractivity contribution in [2.75, 3.05) is 49.2 Å². The molecule has 9 heteroatoms. The van der Waals surface area contributed by atoms with Crippen LogP contribution in [0.5, 0.6) is 46.0 Å². The van der Waals surface area contributed by atoms with E-state index in [4.69, 9.17) is 33.2 Å². The molecular formula is C39H39N2O7+. The molecule has 1 aromatic heterocycles. The molecule has 0 amide bonds. The molecule has 0 spiro atoms. The van der Waals surface area contributed by atoms with Gasteiger partial charge in [-0.2, -0.15) is 4.57 Å². The van der Waals surface area contributed by atoms with E-state index in [1.165, 1.54) is 16.7 Å². The number of pyridine rings is 1. The van der Waals surface area contributed by atoms with E-state index < -0.39 is 0 Å². The molecule has 0 unspecified atom stereocenters. The molecule has 0 bridgehead atoms. The quantitative estimate of drug-likeness (QED) is 0.189. The summed E-state index contributed by atoms with van der Waals surface area (Å²) in [5.74, 6) is 5.44. The van der Waals surface area contributed by atoms with Crippen LogP contribution in [0.2, 0.25) is 0 Å². The van der Waals surface area contributed by atoms with E-state index in [-0.39, 0.29) is 6.04 Å². The third-order valence-corrected chi connectivity index (χ3v) is 10.0. The van der Waals surface area contributed by atoms with Crippen molar-refractivity contribution in [2.24, 2.45) is 0 Å². The Bertz CT molecular complexity index is 2110. The molecule has 0 fully saturated rings. The average Bonchev–Trinajstić information content (AvgIpc) is 3.12. The number of nitrogens with zero attached hydrogens (tertiary/aromatic N) is 1. The van der Waals surface area contributed by atoms with Crippen LogP contribution in [0.25, 0.3) is 33.2 Å². The summed E-state index contributed by atoms with van der Waals surface area (Å²) in [5.41, 5.74) is 9.21. The van der Waals surface area contributed by atoms with Crippen molar-refractivity contribution in [3.63, 3.8) is 0 Å². The Morgan fingerprint density at radius 2 is 1.31 bits per heavy atom. The molecular weight excluding hydrogens is 608 g/mol. The number of fused-ring (bicyclic) bond motifs is 6. The molecule has 8 rings (SSSR count). The van der Waals surface area contributed by atoms with Gasteiger partial charge in [0.05, 0.1) is 53.6 Å². The van der Waals surface area contributed by atoms with E-state index in [2.05, 4.69) is 58.5 Å². The fraction of sp³-hybridized carbons (Fsp3) is 0.308. The fourth-order valence-electron chi connectivity index (χ4n) is 7.80. The Hall–Kier alpha value is -5.15. The minimum absolute atomic E-state index is 0.164. The van der Waals surface area contributed by atoms with Gasteiger partial charge in [-0.3, -0.25) is 0 Å². The zero-order valence-electron chi connectivity index (χ0n) is 28.1. The third kappa shape index (κ3) is 4.59. The van der Waals surface area contributed by atoms with Gasteiger partial charge < -0.3 is 38.5 Å². The highest BCUT2D eigenvalue weighted by Gasteiger charge is 2.35. The van der Waals surface area contributed by atoms with Gasteiger partial charge in [0.2, 0.25) is 5.69 Å². The smallest absolute Gasteiger partial charge is 0.213 e. The first-order chi connectivity index (χ1) is 23.5. The van der Waals surface area contributed by atoms with Crippen LogP contribution in [0.4, 0.5) is 0 Å². The number of hydrogen-bond acceptors (Lipinski definition) is 8. The van der Waals surface area contributed by atoms with Crippen molar-refractivity contribution in [3.8, 4) is 68.4 Å². The highest BCUT2D eigenvalue weighted by molar-refractivity contribution is 5.92. The summed E-state index contributed by atoms with van der Waals surface area (Å²) >= 11 is 0. The summed E-state index contributed by atoms with van der Waals surface area (Å²) in [5, 5.41) is 5.79. The number of aromatic nitrogens is 1. The van der Waals surface area contributed by atoms with Crippen LogP contribution in [0.15, 0.2) is 54.7 Å². The van der Waals surface area contributed by atoms with Crippen molar-refractivity contribution < 1.29 is 37.7 Å². The molecule has 0 radical (unpaired) electrons. The molecule has 5 aromatic rings. The summed E-state index contributed by atoms with van der Waals surface area (Å²) in [6, 6.07) is 16.9. The van der Waals surface area contributed by atoms with Gasteiger partial charge in [0, 0.05) is 24.1 Å². The highest BCUT2D eigenvalue weighted by atomic mass is 16.5. The van der Waals surface area contributed by atoms with E-state index >= 15 is 0 Å². The standard InChI is InChI=1S/C39H39N2O7/c1-42-30-8-7-21-14-29-25-18-34(31(43-2)15-22(25)10-12-41(29)20-27(21)38(30)46-5)48-33-17-24-13-28-36-23(9-11-40-28)16-35(45-4)39(47-6)37(36)26(24)19-32(33)44-3/h7-8,14-20,28,40H,9-13H2,1-6H3/q+1/t28-/m0/s1. The second-order valence-corrected chi connectivity index (χ2v) is 12.3. The van der Waals surface area contributed by atoms with Gasteiger partial charge in [0.15, 0.2) is 58.7 Å². The van der Waals surface area contributed by atoms with E-state index in [0.717, 1.165) is 88.3 Å². The highest BCUT2D eigenvalue weighted by Crippen LogP contribution is 2.53. The lowest BCUT2D eigenvalue weighted by Crippen LogP contribution is -2.40. The Kier molecular flexibility index (Phi) is 7.44. The maximum Gasteiger partial charge on any atom is 0.213 e. The van der Waals surface area contributed by atoms with Gasteiger partial charge in [-0.1, -0.05) is 0 Å². The number of rotatable bonds is 8. The summed E-state index contributed by atoms with van der Waals surface area (Å²) < 4.78 is 44.0. The predicted octanol–water partition coefficient (Wildman–Crippen LogP) is 6.60. The Morgan fingerprint density at radius 1 is 0.625 bits per heavy atom. The predicted molar refractivity (Wildman–Crippen MR) is 183 cm³/mol. The molecule has 4 aromatic carbocycles. The van der Waals surface area contributed by atoms with Crippen molar-refractivity contribution in [1.82, 2.24) is 5.32 Å². The van der Waals surface area contributed by atoms with Crippen molar-refractivity contribution in [2.45, 2.75) is 31.8 Å². The van der Waals surface area contributed by atoms with Gasteiger partial charge in [0.1, 0.15) is 0 Å². The zero-order chi connectivity index (χ0) is 33.1. The van der Waals surface area contributed by atoms with E-state index in [1.807, 2.05) is 6.07 Å². The number of aryl methyl sites for hydroxylation is 2. The topological polar surface area (TPSA) is 80.5 Å². The first kappa shape index (κ1) is 30.2. The lowest BCUT2D eigenvalue weighted by molar-refractivity contribution is -0.686. The Balaban J connectivity index is 1.24. The minimum atomic E-state index is 0.164. The largest absolute Gasteiger partial charge is 0.493 e. The van der Waals surface area contributed by atoms with Crippen molar-refractivity contribution in [3.05, 3.63) is 77.0 Å². The Labute approximate surface area is 279 Å². The van der Waals surface area contributed by atoms with Crippen LogP contribution in [0.1, 0.15) is 28.3 Å². The third-order valence-electron chi connectivity index (χ3n) is 10.0. The number of ether oxygens (including phenoxy) is 7. The van der Waals surface area contributed by atoms with E-state index in [1.54, 1.807) is 42.7 Å². The zero-order valence-corrected chi connectivity index (χ0v) is 28.1. The van der Waals surface area contributed by atoms with Crippen LogP contribution in [-0.4, -0.2) is 49.2 Å². The maximum atomic E-state index is 6.75. The molecule has 3 aliphatic rings. The average molecular weight is 648 g/mol. The lowest BCUT2D eigenvalue weighted by Gasteiger charge is -2.36. The van der Waals surface area contributed by atoms with Gasteiger partial charge in [0.25, 0.3) is 0 Å². The maximum absolute atomic E-state index is 6.75. The molecule has 1 atom stereocenters. The number of nitrogens with one attached hydrogen (secondary N) is 1.